The van der Waals surface area contributed by atoms with Crippen molar-refractivity contribution in [2.24, 2.45) is 0 Å². The van der Waals surface area contributed by atoms with E-state index < -0.39 is 0 Å². The van der Waals surface area contributed by atoms with E-state index in [1.165, 1.54) is 5.56 Å². The van der Waals surface area contributed by atoms with Crippen LogP contribution in [-0.2, 0) is 22.6 Å². The molecule has 1 aromatic heterocycles. The third-order valence-corrected chi connectivity index (χ3v) is 4.75. The number of nitrogens with one attached hydrogen (secondary N) is 1. The van der Waals surface area contributed by atoms with Crippen molar-refractivity contribution < 1.29 is 9.53 Å². The molecule has 0 spiro atoms. The van der Waals surface area contributed by atoms with Crippen LogP contribution in [0.2, 0.25) is 0 Å². The molecule has 1 saturated heterocycles. The molecule has 2 aromatic carbocycles. The number of hydrogen-bond acceptors (Lipinski definition) is 3. The average Bonchev–Trinajstić information content (AvgIpc) is 3.38. The van der Waals surface area contributed by atoms with E-state index in [-0.39, 0.29) is 12.0 Å². The summed E-state index contributed by atoms with van der Waals surface area (Å²) in [7, 11) is 0. The lowest BCUT2D eigenvalue weighted by molar-refractivity contribution is -0.130. The monoisotopic (exact) mass is 361 g/mol. The lowest BCUT2D eigenvalue weighted by atomic mass is 10.1. The van der Waals surface area contributed by atoms with Gasteiger partial charge in [-0.25, -0.2) is 0 Å². The maximum atomic E-state index is 12.3. The smallest absolute Gasteiger partial charge is 0.249 e. The van der Waals surface area contributed by atoms with Crippen LogP contribution >= 0.6 is 0 Å². The molecular weight excluding hydrogens is 338 g/mol. The van der Waals surface area contributed by atoms with E-state index in [2.05, 4.69) is 17.4 Å². The molecule has 3 aromatic rings. The summed E-state index contributed by atoms with van der Waals surface area (Å²) >= 11 is 0. The van der Waals surface area contributed by atoms with Crippen molar-refractivity contribution >= 4 is 5.91 Å². The van der Waals surface area contributed by atoms with Gasteiger partial charge >= 0.3 is 0 Å². The highest BCUT2D eigenvalue weighted by Crippen LogP contribution is 2.22. The predicted molar refractivity (Wildman–Crippen MR) is 104 cm³/mol. The summed E-state index contributed by atoms with van der Waals surface area (Å²) in [6.07, 6.45) is 3.45. The maximum absolute atomic E-state index is 12.3. The Morgan fingerprint density at radius 1 is 1.11 bits per heavy atom. The first-order chi connectivity index (χ1) is 13.3. The number of benzene rings is 2. The van der Waals surface area contributed by atoms with Crippen LogP contribution < -0.4 is 5.32 Å². The molecule has 0 radical (unpaired) electrons. The normalized spacial score (nSPS) is 16.4. The van der Waals surface area contributed by atoms with Gasteiger partial charge in [-0.15, -0.1) is 0 Å². The third kappa shape index (κ3) is 4.26. The second-order valence-corrected chi connectivity index (χ2v) is 6.77. The minimum absolute atomic E-state index is 0.0395. The summed E-state index contributed by atoms with van der Waals surface area (Å²) in [6, 6.07) is 20.3. The Labute approximate surface area is 159 Å². The van der Waals surface area contributed by atoms with Gasteiger partial charge in [0.25, 0.3) is 0 Å². The largest absolute Gasteiger partial charge is 0.368 e. The van der Waals surface area contributed by atoms with Crippen molar-refractivity contribution in [3.63, 3.8) is 0 Å². The molecule has 0 aliphatic carbocycles. The number of nitrogens with zero attached hydrogens (tertiary/aromatic N) is 2. The molecule has 2 heterocycles. The predicted octanol–water partition coefficient (Wildman–Crippen LogP) is 3.39. The molecule has 5 heteroatoms. The summed E-state index contributed by atoms with van der Waals surface area (Å²) < 4.78 is 7.41. The number of rotatable bonds is 6. The second kappa shape index (κ2) is 8.18. The molecule has 5 nitrogen and oxygen atoms in total. The van der Waals surface area contributed by atoms with Crippen LogP contribution in [0.25, 0.3) is 11.3 Å². The summed E-state index contributed by atoms with van der Waals surface area (Å²) in [4.78, 5) is 12.3. The fraction of sp³-hybridized carbons (Fsp3) is 0.273. The van der Waals surface area contributed by atoms with E-state index in [1.807, 2.05) is 59.4 Å². The first-order valence-electron chi connectivity index (χ1n) is 9.34. The third-order valence-electron chi connectivity index (χ3n) is 4.75. The molecule has 4 rings (SSSR count). The van der Waals surface area contributed by atoms with Crippen LogP contribution in [0.3, 0.4) is 0 Å². The highest BCUT2D eigenvalue weighted by atomic mass is 16.5. The quantitative estimate of drug-likeness (QED) is 0.732. The molecule has 138 valence electrons. The van der Waals surface area contributed by atoms with Gasteiger partial charge in [0.05, 0.1) is 12.2 Å². The standard InChI is InChI=1S/C22H23N3O2/c26-22(20-12-7-13-27-20)23-14-19-16-25(15-17-8-3-1-4-9-17)24-21(19)18-10-5-2-6-11-18/h1-6,8-11,16,20H,7,12-15H2,(H,23,26)/t20-/m1/s1. The Morgan fingerprint density at radius 2 is 1.85 bits per heavy atom. The molecule has 0 saturated carbocycles. The lowest BCUT2D eigenvalue weighted by Gasteiger charge is -2.10. The Balaban J connectivity index is 1.55. The van der Waals surface area contributed by atoms with Crippen molar-refractivity contribution in [3.05, 3.63) is 78.0 Å². The molecule has 0 unspecified atom stereocenters. The molecule has 1 N–H and O–H groups in total. The van der Waals surface area contributed by atoms with Crippen LogP contribution in [0.4, 0.5) is 0 Å². The van der Waals surface area contributed by atoms with E-state index in [9.17, 15) is 4.79 Å². The van der Waals surface area contributed by atoms with E-state index in [1.54, 1.807) is 0 Å². The van der Waals surface area contributed by atoms with Gasteiger partial charge in [0, 0.05) is 30.5 Å². The molecule has 1 aliphatic rings. The van der Waals surface area contributed by atoms with E-state index in [0.29, 0.717) is 19.7 Å². The van der Waals surface area contributed by atoms with E-state index in [4.69, 9.17) is 9.84 Å². The van der Waals surface area contributed by atoms with Crippen LogP contribution in [0.5, 0.6) is 0 Å². The van der Waals surface area contributed by atoms with Gasteiger partial charge in [-0.3, -0.25) is 9.48 Å². The molecule has 1 atom stereocenters. The van der Waals surface area contributed by atoms with Crippen molar-refractivity contribution in [3.8, 4) is 11.3 Å². The number of aromatic nitrogens is 2. The minimum Gasteiger partial charge on any atom is -0.368 e. The van der Waals surface area contributed by atoms with Crippen molar-refractivity contribution in [2.75, 3.05) is 6.61 Å². The van der Waals surface area contributed by atoms with Gasteiger partial charge in [-0.2, -0.15) is 5.10 Å². The topological polar surface area (TPSA) is 56.2 Å². The zero-order chi connectivity index (χ0) is 18.5. The molecular formula is C22H23N3O2. The fourth-order valence-electron chi connectivity index (χ4n) is 3.36. The van der Waals surface area contributed by atoms with E-state index >= 15 is 0 Å². The summed E-state index contributed by atoms with van der Waals surface area (Å²) in [5.74, 6) is -0.0395. The average molecular weight is 361 g/mol. The number of carbonyl (C=O) groups is 1. The minimum atomic E-state index is -0.315. The lowest BCUT2D eigenvalue weighted by Crippen LogP contribution is -2.33. The molecule has 1 amide bonds. The number of amides is 1. The molecule has 1 fully saturated rings. The van der Waals surface area contributed by atoms with Gasteiger partial charge in [0.2, 0.25) is 5.91 Å². The van der Waals surface area contributed by atoms with Gasteiger partial charge in [0.1, 0.15) is 6.10 Å². The van der Waals surface area contributed by atoms with E-state index in [0.717, 1.165) is 29.7 Å². The Hall–Kier alpha value is -2.92. The summed E-state index contributed by atoms with van der Waals surface area (Å²) in [5.41, 5.74) is 4.14. The van der Waals surface area contributed by atoms with Gasteiger partial charge in [-0.1, -0.05) is 60.7 Å². The fourth-order valence-corrected chi connectivity index (χ4v) is 3.36. The highest BCUT2D eigenvalue weighted by Gasteiger charge is 2.23. The first kappa shape index (κ1) is 17.5. The van der Waals surface area contributed by atoms with Crippen LogP contribution in [0, 0.1) is 0 Å². The van der Waals surface area contributed by atoms with Gasteiger partial charge < -0.3 is 10.1 Å². The SMILES string of the molecule is O=C(NCc1cn(Cc2ccccc2)nc1-c1ccccc1)[C@H]1CCCO1. The highest BCUT2D eigenvalue weighted by molar-refractivity contribution is 5.81. The number of hydrogen-bond donors (Lipinski definition) is 1. The molecule has 1 aliphatic heterocycles. The van der Waals surface area contributed by atoms with Crippen molar-refractivity contribution in [2.45, 2.75) is 32.0 Å². The van der Waals surface area contributed by atoms with Crippen LogP contribution in [0.15, 0.2) is 66.9 Å². The summed E-state index contributed by atoms with van der Waals surface area (Å²) in [5, 5.41) is 7.80. The zero-order valence-corrected chi connectivity index (χ0v) is 15.2. The van der Waals surface area contributed by atoms with Crippen molar-refractivity contribution in [1.82, 2.24) is 15.1 Å². The summed E-state index contributed by atoms with van der Waals surface area (Å²) in [6.45, 7) is 1.81. The van der Waals surface area contributed by atoms with Crippen LogP contribution in [0.1, 0.15) is 24.0 Å². The first-order valence-corrected chi connectivity index (χ1v) is 9.34. The van der Waals surface area contributed by atoms with Crippen molar-refractivity contribution in [1.29, 1.82) is 0 Å². The van der Waals surface area contributed by atoms with Gasteiger partial charge in [0.15, 0.2) is 0 Å². The Kier molecular flexibility index (Phi) is 5.30. The molecule has 27 heavy (non-hydrogen) atoms. The van der Waals surface area contributed by atoms with Gasteiger partial charge in [-0.05, 0) is 18.4 Å². The zero-order valence-electron chi connectivity index (χ0n) is 15.2. The number of carbonyl (C=O) groups excluding carboxylic acids is 1. The second-order valence-electron chi connectivity index (χ2n) is 6.77. The Morgan fingerprint density at radius 3 is 2.56 bits per heavy atom. The number of ether oxygens (including phenoxy) is 1. The maximum Gasteiger partial charge on any atom is 0.249 e. The molecule has 0 bridgehead atoms. The Bertz CT molecular complexity index is 884. The van der Waals surface area contributed by atoms with Crippen LogP contribution in [-0.4, -0.2) is 28.4 Å².